The first kappa shape index (κ1) is 15.1. The van der Waals surface area contributed by atoms with Crippen LogP contribution in [0.15, 0.2) is 89.9 Å². The molecule has 0 aliphatic carbocycles. The molecule has 0 fully saturated rings. The van der Waals surface area contributed by atoms with Crippen molar-refractivity contribution in [2.24, 2.45) is 4.99 Å². The van der Waals surface area contributed by atoms with E-state index in [-0.39, 0.29) is 5.75 Å². The molecule has 4 rings (SSSR count). The molecule has 0 aliphatic rings. The number of phenols is 1. The molecule has 0 atom stereocenters. The van der Waals surface area contributed by atoms with Gasteiger partial charge in [-0.3, -0.25) is 4.99 Å². The largest absolute Gasteiger partial charge is 0.506 e. The molecule has 0 amide bonds. The molecule has 1 heterocycles. The third kappa shape index (κ3) is 3.12. The highest BCUT2D eigenvalue weighted by Crippen LogP contribution is 2.28. The van der Waals surface area contributed by atoms with Crippen molar-refractivity contribution in [1.29, 1.82) is 0 Å². The van der Waals surface area contributed by atoms with E-state index in [0.29, 0.717) is 5.69 Å². The lowest BCUT2D eigenvalue weighted by molar-refractivity contribution is 0.477. The van der Waals surface area contributed by atoms with E-state index in [1.54, 1.807) is 24.4 Å². The van der Waals surface area contributed by atoms with Crippen LogP contribution in [0.4, 0.5) is 5.69 Å². The lowest BCUT2D eigenvalue weighted by Gasteiger charge is -2.06. The Hall–Kier alpha value is -3.46. The van der Waals surface area contributed by atoms with Gasteiger partial charge >= 0.3 is 0 Å². The zero-order valence-electron chi connectivity index (χ0n) is 13.5. The third-order valence-corrected chi connectivity index (χ3v) is 4.05. The van der Waals surface area contributed by atoms with Gasteiger partial charge in [0.25, 0.3) is 0 Å². The van der Waals surface area contributed by atoms with E-state index >= 15 is 0 Å². The van der Waals surface area contributed by atoms with Crippen LogP contribution in [-0.4, -0.2) is 16.3 Å². The number of phenolic OH excluding ortho intramolecular Hbond substituents is 1. The number of rotatable bonds is 3. The summed E-state index contributed by atoms with van der Waals surface area (Å²) in [5.41, 5.74) is 3.27. The summed E-state index contributed by atoms with van der Waals surface area (Å²) in [7, 11) is 0. The van der Waals surface area contributed by atoms with Gasteiger partial charge in [0.1, 0.15) is 11.4 Å². The van der Waals surface area contributed by atoms with Gasteiger partial charge in [-0.25, -0.2) is 4.98 Å². The van der Waals surface area contributed by atoms with Gasteiger partial charge in [-0.2, -0.15) is 0 Å². The number of aromatic nitrogens is 1. The van der Waals surface area contributed by atoms with Crippen LogP contribution in [0.3, 0.4) is 0 Å². The molecule has 3 aromatic carbocycles. The molecule has 3 heteroatoms. The Morgan fingerprint density at radius 3 is 2.44 bits per heavy atom. The van der Waals surface area contributed by atoms with Crippen LogP contribution in [0, 0.1) is 0 Å². The molecule has 120 valence electrons. The Morgan fingerprint density at radius 2 is 1.52 bits per heavy atom. The van der Waals surface area contributed by atoms with Gasteiger partial charge in [-0.05, 0) is 35.0 Å². The number of hydrogen-bond donors (Lipinski definition) is 1. The highest BCUT2D eigenvalue weighted by atomic mass is 16.3. The van der Waals surface area contributed by atoms with Crippen molar-refractivity contribution in [2.45, 2.75) is 0 Å². The average Bonchev–Trinajstić information content (AvgIpc) is 2.67. The van der Waals surface area contributed by atoms with Gasteiger partial charge in [-0.1, -0.05) is 60.7 Å². The van der Waals surface area contributed by atoms with Crippen LogP contribution in [0.1, 0.15) is 5.69 Å². The summed E-state index contributed by atoms with van der Waals surface area (Å²) in [5, 5.41) is 12.2. The summed E-state index contributed by atoms with van der Waals surface area (Å²) in [6.07, 6.45) is 1.67. The first-order chi connectivity index (χ1) is 12.3. The van der Waals surface area contributed by atoms with Crippen molar-refractivity contribution in [1.82, 2.24) is 4.98 Å². The standard InChI is InChI=1S/C22H16N2O/c25-22-14-4-3-12-21(22)23-15-17-9-6-13-20(24-17)19-11-5-8-16-7-1-2-10-18(16)19/h1-15,25H/b23-15+. The normalized spacial score (nSPS) is 11.2. The molecule has 0 saturated heterocycles. The Labute approximate surface area is 146 Å². The van der Waals surface area contributed by atoms with Crippen LogP contribution in [0.2, 0.25) is 0 Å². The van der Waals surface area contributed by atoms with Gasteiger partial charge in [0.05, 0.1) is 17.6 Å². The smallest absolute Gasteiger partial charge is 0.141 e. The van der Waals surface area contributed by atoms with Crippen LogP contribution in [0.25, 0.3) is 22.0 Å². The van der Waals surface area contributed by atoms with E-state index in [1.807, 2.05) is 42.5 Å². The van der Waals surface area contributed by atoms with Gasteiger partial charge in [0, 0.05) is 5.56 Å². The second-order valence-electron chi connectivity index (χ2n) is 5.72. The number of aliphatic imine (C=N–C) groups is 1. The summed E-state index contributed by atoms with van der Waals surface area (Å²) >= 11 is 0. The van der Waals surface area contributed by atoms with Crippen LogP contribution in [0.5, 0.6) is 5.75 Å². The van der Waals surface area contributed by atoms with Crippen LogP contribution >= 0.6 is 0 Å². The Kier molecular flexibility index (Phi) is 3.97. The first-order valence-electron chi connectivity index (χ1n) is 8.08. The molecule has 0 unspecified atom stereocenters. The highest BCUT2D eigenvalue weighted by molar-refractivity contribution is 5.96. The number of aromatic hydroxyl groups is 1. The molecule has 0 saturated carbocycles. The molecule has 25 heavy (non-hydrogen) atoms. The lowest BCUT2D eigenvalue weighted by atomic mass is 10.0. The maximum Gasteiger partial charge on any atom is 0.141 e. The Balaban J connectivity index is 1.73. The number of hydrogen-bond acceptors (Lipinski definition) is 3. The Morgan fingerprint density at radius 1 is 0.760 bits per heavy atom. The zero-order valence-corrected chi connectivity index (χ0v) is 13.5. The molecule has 1 aromatic heterocycles. The summed E-state index contributed by atoms with van der Waals surface area (Å²) in [6, 6.07) is 27.4. The fraction of sp³-hybridized carbons (Fsp3) is 0. The Bertz CT molecular complexity index is 1060. The summed E-state index contributed by atoms with van der Waals surface area (Å²) in [6.45, 7) is 0. The van der Waals surface area contributed by atoms with Crippen molar-refractivity contribution in [3.8, 4) is 17.0 Å². The highest BCUT2D eigenvalue weighted by Gasteiger charge is 2.05. The quantitative estimate of drug-likeness (QED) is 0.516. The van der Waals surface area contributed by atoms with Gasteiger partial charge < -0.3 is 5.11 Å². The SMILES string of the molecule is Oc1ccccc1/N=C/c1cccc(-c2cccc3ccccc23)n1. The number of para-hydroxylation sites is 2. The minimum absolute atomic E-state index is 0.156. The maximum atomic E-state index is 9.81. The second-order valence-corrected chi connectivity index (χ2v) is 5.72. The van der Waals surface area contributed by atoms with Crippen LogP contribution in [-0.2, 0) is 0 Å². The molecule has 0 aliphatic heterocycles. The minimum Gasteiger partial charge on any atom is -0.506 e. The molecule has 4 aromatic rings. The van der Waals surface area contributed by atoms with E-state index in [1.165, 1.54) is 10.8 Å². The average molecular weight is 324 g/mol. The fourth-order valence-corrected chi connectivity index (χ4v) is 2.83. The van der Waals surface area contributed by atoms with E-state index in [4.69, 9.17) is 4.98 Å². The monoisotopic (exact) mass is 324 g/mol. The van der Waals surface area contributed by atoms with E-state index in [9.17, 15) is 5.11 Å². The van der Waals surface area contributed by atoms with Crippen molar-refractivity contribution in [3.05, 3.63) is 90.6 Å². The molecule has 3 nitrogen and oxygen atoms in total. The van der Waals surface area contributed by atoms with Crippen molar-refractivity contribution < 1.29 is 5.11 Å². The van der Waals surface area contributed by atoms with E-state index < -0.39 is 0 Å². The first-order valence-corrected chi connectivity index (χ1v) is 8.08. The zero-order chi connectivity index (χ0) is 17.1. The number of benzene rings is 3. The molecular formula is C22H16N2O. The summed E-state index contributed by atoms with van der Waals surface area (Å²) < 4.78 is 0. The second kappa shape index (κ2) is 6.57. The van der Waals surface area contributed by atoms with Gasteiger partial charge in [-0.15, -0.1) is 0 Å². The van der Waals surface area contributed by atoms with Gasteiger partial charge in [0.15, 0.2) is 0 Å². The minimum atomic E-state index is 0.156. The van der Waals surface area contributed by atoms with Crippen molar-refractivity contribution in [2.75, 3.05) is 0 Å². The number of pyridine rings is 1. The molecule has 1 N–H and O–H groups in total. The molecule has 0 radical (unpaired) electrons. The summed E-state index contributed by atoms with van der Waals surface area (Å²) in [4.78, 5) is 9.04. The molecular weight excluding hydrogens is 308 g/mol. The van der Waals surface area contributed by atoms with Crippen molar-refractivity contribution >= 4 is 22.7 Å². The lowest BCUT2D eigenvalue weighted by Crippen LogP contribution is -1.91. The van der Waals surface area contributed by atoms with Crippen LogP contribution < -0.4 is 0 Å². The van der Waals surface area contributed by atoms with Gasteiger partial charge in [0.2, 0.25) is 0 Å². The molecule has 0 spiro atoms. The van der Waals surface area contributed by atoms with E-state index in [2.05, 4.69) is 29.3 Å². The predicted octanol–water partition coefficient (Wildman–Crippen LogP) is 5.36. The fourth-order valence-electron chi connectivity index (χ4n) is 2.83. The third-order valence-electron chi connectivity index (χ3n) is 4.05. The van der Waals surface area contributed by atoms with Crippen molar-refractivity contribution in [3.63, 3.8) is 0 Å². The maximum absolute atomic E-state index is 9.81. The van der Waals surface area contributed by atoms with E-state index in [0.717, 1.165) is 17.0 Å². The number of nitrogens with zero attached hydrogens (tertiary/aromatic N) is 2. The molecule has 0 bridgehead atoms. The topological polar surface area (TPSA) is 45.5 Å². The summed E-state index contributed by atoms with van der Waals surface area (Å²) in [5.74, 6) is 0.156. The predicted molar refractivity (Wildman–Crippen MR) is 103 cm³/mol. The number of fused-ring (bicyclic) bond motifs is 1.